The highest BCUT2D eigenvalue weighted by Crippen LogP contribution is 2.52. The maximum absolute atomic E-state index is 14.5. The van der Waals surface area contributed by atoms with Gasteiger partial charge >= 0.3 is 6.18 Å². The van der Waals surface area contributed by atoms with Crippen molar-refractivity contribution < 1.29 is 18.0 Å². The standard InChI is InChI=1S/C32H36F3N7O/c1-20(2)28-18-39(3)8-9-41(28)16-21-10-25-26(27(11-21)32(33,34)35)17-42(29(25)43)24-7-5-6-23(12-24)31(13-22(14-31)15-36)30-38-37-19-40(30)4/h5-7,10-12,19-20,22,28H,8-9,13-14,16-18H2,1-4H3/t22?,28-,31?/m1/s1. The molecule has 0 unspecified atom stereocenters. The van der Waals surface area contributed by atoms with Crippen molar-refractivity contribution in [2.75, 3.05) is 31.6 Å². The maximum Gasteiger partial charge on any atom is 0.416 e. The van der Waals surface area contributed by atoms with Crippen LogP contribution in [-0.2, 0) is 31.7 Å². The molecule has 6 rings (SSSR count). The molecule has 0 N–H and O–H groups in total. The predicted molar refractivity (Wildman–Crippen MR) is 155 cm³/mol. The van der Waals surface area contributed by atoms with Gasteiger partial charge in [0.1, 0.15) is 12.2 Å². The van der Waals surface area contributed by atoms with E-state index in [4.69, 9.17) is 0 Å². The summed E-state index contributed by atoms with van der Waals surface area (Å²) in [4.78, 5) is 19.8. The van der Waals surface area contributed by atoms with Crippen LogP contribution >= 0.6 is 0 Å². The van der Waals surface area contributed by atoms with Gasteiger partial charge in [0.15, 0.2) is 0 Å². The third-order valence-corrected chi connectivity index (χ3v) is 9.52. The summed E-state index contributed by atoms with van der Waals surface area (Å²) in [5, 5.41) is 17.9. The number of halogens is 3. The average molecular weight is 592 g/mol. The number of hydrogen-bond donors (Lipinski definition) is 0. The fourth-order valence-electron chi connectivity index (χ4n) is 7.18. The quantitative estimate of drug-likeness (QED) is 0.402. The highest BCUT2D eigenvalue weighted by Gasteiger charge is 2.50. The predicted octanol–water partition coefficient (Wildman–Crippen LogP) is 4.99. The van der Waals surface area contributed by atoms with Crippen LogP contribution in [0.4, 0.5) is 18.9 Å². The second-order valence-electron chi connectivity index (χ2n) is 12.7. The molecule has 3 aromatic rings. The van der Waals surface area contributed by atoms with Gasteiger partial charge in [0.2, 0.25) is 0 Å². The molecular weight excluding hydrogens is 555 g/mol. The molecule has 1 saturated heterocycles. The number of nitriles is 1. The number of nitrogens with zero attached hydrogens (tertiary/aromatic N) is 7. The summed E-state index contributed by atoms with van der Waals surface area (Å²) in [6.45, 7) is 6.91. The van der Waals surface area contributed by atoms with Gasteiger partial charge in [-0.05, 0) is 66.8 Å². The number of alkyl halides is 3. The molecule has 2 aromatic carbocycles. The van der Waals surface area contributed by atoms with Crippen LogP contribution in [0.1, 0.15) is 65.1 Å². The molecule has 3 heterocycles. The summed E-state index contributed by atoms with van der Waals surface area (Å²) in [5.74, 6) is 0.489. The molecule has 1 aliphatic carbocycles. The van der Waals surface area contributed by atoms with Crippen molar-refractivity contribution >= 4 is 11.6 Å². The van der Waals surface area contributed by atoms with E-state index in [1.165, 1.54) is 11.0 Å². The number of rotatable bonds is 6. The fourth-order valence-corrected chi connectivity index (χ4v) is 7.18. The van der Waals surface area contributed by atoms with E-state index >= 15 is 0 Å². The molecule has 2 aliphatic heterocycles. The minimum Gasteiger partial charge on any atom is -0.320 e. The van der Waals surface area contributed by atoms with Gasteiger partial charge in [-0.3, -0.25) is 9.69 Å². The Bertz CT molecular complexity index is 1580. The Morgan fingerprint density at radius 2 is 1.91 bits per heavy atom. The number of carbonyl (C=O) groups excluding carboxylic acids is 1. The second-order valence-corrected chi connectivity index (χ2v) is 12.7. The van der Waals surface area contributed by atoms with Crippen molar-refractivity contribution in [1.29, 1.82) is 5.26 Å². The first-order valence-electron chi connectivity index (χ1n) is 14.7. The molecule has 1 atom stereocenters. The van der Waals surface area contributed by atoms with Crippen LogP contribution in [0.15, 0.2) is 42.7 Å². The number of amides is 1. The van der Waals surface area contributed by atoms with Gasteiger partial charge in [0.25, 0.3) is 5.91 Å². The molecule has 11 heteroatoms. The topological polar surface area (TPSA) is 81.3 Å². The highest BCUT2D eigenvalue weighted by molar-refractivity contribution is 6.10. The number of piperazine rings is 1. The minimum absolute atomic E-state index is 0.0154. The maximum atomic E-state index is 14.5. The van der Waals surface area contributed by atoms with Crippen LogP contribution in [0, 0.1) is 23.2 Å². The minimum atomic E-state index is -4.59. The molecule has 8 nitrogen and oxygen atoms in total. The van der Waals surface area contributed by atoms with Crippen molar-refractivity contribution in [3.05, 3.63) is 76.4 Å². The van der Waals surface area contributed by atoms with E-state index in [2.05, 4.69) is 47.0 Å². The van der Waals surface area contributed by atoms with Crippen LogP contribution < -0.4 is 4.90 Å². The van der Waals surface area contributed by atoms with Gasteiger partial charge in [-0.1, -0.05) is 26.0 Å². The van der Waals surface area contributed by atoms with E-state index in [0.29, 0.717) is 36.6 Å². The van der Waals surface area contributed by atoms with E-state index in [0.717, 1.165) is 31.0 Å². The van der Waals surface area contributed by atoms with E-state index in [1.54, 1.807) is 18.5 Å². The molecule has 3 aliphatic rings. The Hall–Kier alpha value is -3.75. The number of benzene rings is 2. The first kappa shape index (κ1) is 29.3. The lowest BCUT2D eigenvalue weighted by molar-refractivity contribution is -0.138. The van der Waals surface area contributed by atoms with Crippen LogP contribution in [0.3, 0.4) is 0 Å². The van der Waals surface area contributed by atoms with Crippen molar-refractivity contribution in [3.63, 3.8) is 0 Å². The number of fused-ring (bicyclic) bond motifs is 1. The summed E-state index contributed by atoms with van der Waals surface area (Å²) >= 11 is 0. The summed E-state index contributed by atoms with van der Waals surface area (Å²) in [5.41, 5.74) is 0.717. The lowest BCUT2D eigenvalue weighted by Crippen LogP contribution is -2.53. The molecule has 1 amide bonds. The van der Waals surface area contributed by atoms with E-state index < -0.39 is 23.1 Å². The fraction of sp³-hybridized carbons (Fsp3) is 0.500. The highest BCUT2D eigenvalue weighted by atomic mass is 19.4. The zero-order chi connectivity index (χ0) is 30.7. The van der Waals surface area contributed by atoms with Crippen molar-refractivity contribution in [1.82, 2.24) is 24.6 Å². The van der Waals surface area contributed by atoms with Crippen LogP contribution in [0.2, 0.25) is 0 Å². The van der Waals surface area contributed by atoms with Gasteiger partial charge in [-0.15, -0.1) is 10.2 Å². The van der Waals surface area contributed by atoms with Gasteiger partial charge in [-0.2, -0.15) is 18.4 Å². The molecule has 1 saturated carbocycles. The molecule has 0 bridgehead atoms. The molecule has 0 spiro atoms. The lowest BCUT2D eigenvalue weighted by atomic mass is 9.58. The van der Waals surface area contributed by atoms with Crippen molar-refractivity contribution in [2.24, 2.45) is 18.9 Å². The monoisotopic (exact) mass is 591 g/mol. The van der Waals surface area contributed by atoms with Gasteiger partial charge < -0.3 is 14.4 Å². The SMILES string of the molecule is CC(C)[C@H]1CN(C)CCN1Cc1cc2c(c(C(F)(F)F)c1)CN(c1cccc(C3(c4nncn4C)CC(C#N)C3)c1)C2=O. The zero-order valence-electron chi connectivity index (χ0n) is 24.9. The summed E-state index contributed by atoms with van der Waals surface area (Å²) < 4.78 is 45.2. The number of aromatic nitrogens is 3. The number of carbonyl (C=O) groups is 1. The normalized spacial score (nSPS) is 24.7. The summed E-state index contributed by atoms with van der Waals surface area (Å²) in [6.07, 6.45) is -1.87. The summed E-state index contributed by atoms with van der Waals surface area (Å²) in [7, 11) is 3.91. The first-order valence-corrected chi connectivity index (χ1v) is 14.7. The third kappa shape index (κ3) is 5.10. The van der Waals surface area contributed by atoms with Crippen molar-refractivity contribution in [2.45, 2.75) is 57.4 Å². The van der Waals surface area contributed by atoms with E-state index in [-0.39, 0.29) is 29.6 Å². The van der Waals surface area contributed by atoms with Crippen LogP contribution in [-0.4, -0.2) is 63.2 Å². The van der Waals surface area contributed by atoms with Gasteiger partial charge in [0.05, 0.1) is 23.6 Å². The first-order chi connectivity index (χ1) is 20.4. The van der Waals surface area contributed by atoms with E-state index in [1.807, 2.05) is 29.8 Å². The Labute approximate surface area is 249 Å². The third-order valence-electron chi connectivity index (χ3n) is 9.52. The second kappa shape index (κ2) is 10.8. The zero-order valence-corrected chi connectivity index (χ0v) is 24.9. The number of hydrogen-bond acceptors (Lipinski definition) is 6. The Balaban J connectivity index is 1.34. The molecule has 226 valence electrons. The van der Waals surface area contributed by atoms with E-state index in [9.17, 15) is 23.2 Å². The van der Waals surface area contributed by atoms with Crippen LogP contribution in [0.5, 0.6) is 0 Å². The summed E-state index contributed by atoms with van der Waals surface area (Å²) in [6, 6.07) is 12.8. The van der Waals surface area contributed by atoms with Crippen LogP contribution in [0.25, 0.3) is 0 Å². The number of anilines is 1. The lowest BCUT2D eigenvalue weighted by Gasteiger charge is -2.44. The Morgan fingerprint density at radius 1 is 1.14 bits per heavy atom. The molecule has 2 fully saturated rings. The molecular formula is C32H36F3N7O. The van der Waals surface area contributed by atoms with Gasteiger partial charge in [-0.25, -0.2) is 0 Å². The molecule has 1 aromatic heterocycles. The largest absolute Gasteiger partial charge is 0.416 e. The smallest absolute Gasteiger partial charge is 0.320 e. The Morgan fingerprint density at radius 3 is 2.56 bits per heavy atom. The molecule has 0 radical (unpaired) electrons. The number of aryl methyl sites for hydroxylation is 1. The number of likely N-dealkylation sites (N-methyl/N-ethyl adjacent to an activating group) is 1. The molecule has 43 heavy (non-hydrogen) atoms. The van der Waals surface area contributed by atoms with Gasteiger partial charge in [0, 0.05) is 56.4 Å². The average Bonchev–Trinajstić information content (AvgIpc) is 3.51. The van der Waals surface area contributed by atoms with Crippen molar-refractivity contribution in [3.8, 4) is 6.07 Å². The Kier molecular flexibility index (Phi) is 7.33.